The van der Waals surface area contributed by atoms with Gasteiger partial charge in [-0.15, -0.1) is 0 Å². The minimum atomic E-state index is -0.757. The van der Waals surface area contributed by atoms with Gasteiger partial charge in [-0.05, 0) is 6.92 Å². The molecule has 5 heteroatoms. The molecule has 0 spiro atoms. The molecule has 1 fully saturated rings. The fourth-order valence-electron chi connectivity index (χ4n) is 0.825. The summed E-state index contributed by atoms with van der Waals surface area (Å²) in [4.78, 5) is 21.2. The first kappa shape index (κ1) is 8.83. The summed E-state index contributed by atoms with van der Waals surface area (Å²) >= 11 is 0. The predicted molar refractivity (Wildman–Crippen MR) is 37.1 cm³/mol. The molecule has 5 nitrogen and oxygen atoms in total. The number of carbonyl (C=O) groups excluding carboxylic acids is 2. The fraction of sp³-hybridized carbons (Fsp3) is 0.571. The highest BCUT2D eigenvalue weighted by Crippen LogP contribution is 2.16. The van der Waals surface area contributed by atoms with Gasteiger partial charge in [0, 0.05) is 0 Å². The lowest BCUT2D eigenvalue weighted by Crippen LogP contribution is -2.24. The third-order valence-corrected chi connectivity index (χ3v) is 1.48. The molecule has 0 aromatic heterocycles. The molecule has 1 rings (SSSR count). The van der Waals surface area contributed by atoms with Gasteiger partial charge in [0.2, 0.25) is 0 Å². The maximum Gasteiger partial charge on any atom is 0.509 e. The van der Waals surface area contributed by atoms with Crippen molar-refractivity contribution in [3.05, 3.63) is 6.42 Å². The summed E-state index contributed by atoms with van der Waals surface area (Å²) in [6.45, 7) is 1.63. The van der Waals surface area contributed by atoms with Gasteiger partial charge >= 0.3 is 12.1 Å². The van der Waals surface area contributed by atoms with E-state index >= 15 is 0 Å². The van der Waals surface area contributed by atoms with E-state index in [1.807, 2.05) is 0 Å². The lowest BCUT2D eigenvalue weighted by Gasteiger charge is -2.07. The van der Waals surface area contributed by atoms with Crippen LogP contribution in [-0.4, -0.2) is 31.4 Å². The van der Waals surface area contributed by atoms with Crippen molar-refractivity contribution in [3.8, 4) is 0 Å². The first-order valence-electron chi connectivity index (χ1n) is 3.43. The normalized spacial score (nSPS) is 27.7. The molecule has 1 saturated heterocycles. The molecule has 12 heavy (non-hydrogen) atoms. The van der Waals surface area contributed by atoms with Gasteiger partial charge in [0.25, 0.3) is 0 Å². The van der Waals surface area contributed by atoms with E-state index in [-0.39, 0.29) is 0 Å². The molecule has 0 bridgehead atoms. The minimum absolute atomic E-state index is 0.434. The van der Waals surface area contributed by atoms with Gasteiger partial charge in [-0.25, -0.2) is 4.79 Å². The topological polar surface area (TPSA) is 61.8 Å². The SMILES string of the molecule is COC(=O)[CH]C1OC(=O)OC1C. The average Bonchev–Trinajstić information content (AvgIpc) is 2.30. The van der Waals surface area contributed by atoms with Crippen molar-refractivity contribution < 1.29 is 23.8 Å². The summed E-state index contributed by atoms with van der Waals surface area (Å²) in [6.07, 6.45) is -0.663. The third-order valence-electron chi connectivity index (χ3n) is 1.48. The number of cyclic esters (lactones) is 2. The molecule has 0 aromatic rings. The molecule has 0 aliphatic carbocycles. The van der Waals surface area contributed by atoms with Gasteiger partial charge < -0.3 is 14.2 Å². The second-order valence-electron chi connectivity index (χ2n) is 2.35. The monoisotopic (exact) mass is 173 g/mol. The minimum Gasteiger partial charge on any atom is -0.469 e. The molecule has 0 saturated carbocycles. The zero-order chi connectivity index (χ0) is 9.14. The van der Waals surface area contributed by atoms with Gasteiger partial charge in [0.05, 0.1) is 7.11 Å². The molecular weight excluding hydrogens is 164 g/mol. The van der Waals surface area contributed by atoms with Crippen LogP contribution in [0.5, 0.6) is 0 Å². The highest BCUT2D eigenvalue weighted by atomic mass is 16.8. The van der Waals surface area contributed by atoms with E-state index in [9.17, 15) is 9.59 Å². The summed E-state index contributed by atoms with van der Waals surface area (Å²) in [7, 11) is 1.25. The van der Waals surface area contributed by atoms with Crippen molar-refractivity contribution in [1.82, 2.24) is 0 Å². The molecule has 2 atom stereocenters. The van der Waals surface area contributed by atoms with E-state index in [0.29, 0.717) is 0 Å². The Morgan fingerprint density at radius 2 is 2.25 bits per heavy atom. The fourth-order valence-corrected chi connectivity index (χ4v) is 0.825. The number of methoxy groups -OCH3 is 1. The smallest absolute Gasteiger partial charge is 0.469 e. The van der Waals surface area contributed by atoms with Crippen molar-refractivity contribution in [3.63, 3.8) is 0 Å². The molecule has 1 aliphatic heterocycles. The van der Waals surface area contributed by atoms with Crippen LogP contribution in [-0.2, 0) is 19.0 Å². The number of carbonyl (C=O) groups is 2. The second-order valence-corrected chi connectivity index (χ2v) is 2.35. The Labute approximate surface area is 69.6 Å². The van der Waals surface area contributed by atoms with Crippen molar-refractivity contribution in [1.29, 1.82) is 0 Å². The molecule has 0 N–H and O–H groups in total. The van der Waals surface area contributed by atoms with Crippen LogP contribution in [0.1, 0.15) is 6.92 Å². The summed E-state index contributed by atoms with van der Waals surface area (Å²) in [5, 5.41) is 0. The zero-order valence-corrected chi connectivity index (χ0v) is 6.77. The van der Waals surface area contributed by atoms with Crippen LogP contribution in [0.15, 0.2) is 0 Å². The summed E-state index contributed by atoms with van der Waals surface area (Å²) < 4.78 is 13.6. The molecule has 2 unspecified atom stereocenters. The Balaban J connectivity index is 2.42. The largest absolute Gasteiger partial charge is 0.509 e. The molecule has 0 amide bonds. The lowest BCUT2D eigenvalue weighted by molar-refractivity contribution is -0.137. The molecule has 1 radical (unpaired) electrons. The van der Waals surface area contributed by atoms with Crippen LogP contribution in [0.25, 0.3) is 0 Å². The first-order valence-corrected chi connectivity index (χ1v) is 3.43. The molecule has 1 aliphatic rings. The van der Waals surface area contributed by atoms with Crippen LogP contribution in [0.2, 0.25) is 0 Å². The highest BCUT2D eigenvalue weighted by molar-refractivity contribution is 5.80. The number of rotatable bonds is 2. The summed E-state index contributed by atoms with van der Waals surface area (Å²) in [6, 6.07) is 0. The zero-order valence-electron chi connectivity index (χ0n) is 6.77. The van der Waals surface area contributed by atoms with E-state index in [1.165, 1.54) is 7.11 Å². The standard InChI is InChI=1S/C7H9O5/c1-4-5(3-6(8)10-2)12-7(9)11-4/h3-5H,1-2H3. The van der Waals surface area contributed by atoms with Crippen LogP contribution < -0.4 is 0 Å². The Morgan fingerprint density at radius 1 is 1.58 bits per heavy atom. The maximum atomic E-state index is 10.7. The summed E-state index contributed by atoms with van der Waals surface area (Å²) in [5.74, 6) is -0.537. The van der Waals surface area contributed by atoms with Crippen LogP contribution in [0, 0.1) is 6.42 Å². The van der Waals surface area contributed by atoms with Crippen molar-refractivity contribution >= 4 is 12.1 Å². The lowest BCUT2D eigenvalue weighted by atomic mass is 10.2. The maximum absolute atomic E-state index is 10.7. The van der Waals surface area contributed by atoms with Crippen molar-refractivity contribution in [2.24, 2.45) is 0 Å². The first-order chi connectivity index (χ1) is 5.63. The Hall–Kier alpha value is -1.26. The summed E-state index contributed by atoms with van der Waals surface area (Å²) in [5.41, 5.74) is 0. The number of ether oxygens (including phenoxy) is 3. The van der Waals surface area contributed by atoms with Crippen LogP contribution >= 0.6 is 0 Å². The van der Waals surface area contributed by atoms with E-state index in [4.69, 9.17) is 0 Å². The number of hydrogen-bond acceptors (Lipinski definition) is 5. The Kier molecular flexibility index (Phi) is 2.52. The van der Waals surface area contributed by atoms with Gasteiger partial charge in [-0.3, -0.25) is 4.79 Å². The van der Waals surface area contributed by atoms with E-state index < -0.39 is 24.3 Å². The quantitative estimate of drug-likeness (QED) is 0.561. The third kappa shape index (κ3) is 1.87. The van der Waals surface area contributed by atoms with Crippen molar-refractivity contribution in [2.75, 3.05) is 7.11 Å². The van der Waals surface area contributed by atoms with Crippen LogP contribution in [0.3, 0.4) is 0 Å². The Bertz CT molecular complexity index is 200. The second kappa shape index (κ2) is 3.42. The predicted octanol–water partition coefficient (Wildman–Crippen LogP) is 0.288. The van der Waals surface area contributed by atoms with Crippen molar-refractivity contribution in [2.45, 2.75) is 19.1 Å². The van der Waals surface area contributed by atoms with Gasteiger partial charge in [0.15, 0.2) is 6.10 Å². The van der Waals surface area contributed by atoms with Gasteiger partial charge in [-0.2, -0.15) is 0 Å². The number of esters is 1. The number of hydrogen-bond donors (Lipinski definition) is 0. The Morgan fingerprint density at radius 3 is 2.67 bits per heavy atom. The molecular formula is C7H9O5. The van der Waals surface area contributed by atoms with Gasteiger partial charge in [-0.1, -0.05) is 0 Å². The molecule has 67 valence electrons. The van der Waals surface area contributed by atoms with E-state index in [0.717, 1.165) is 6.42 Å². The van der Waals surface area contributed by atoms with Crippen LogP contribution in [0.4, 0.5) is 4.79 Å². The van der Waals surface area contributed by atoms with E-state index in [2.05, 4.69) is 14.2 Å². The molecule has 0 aromatic carbocycles. The highest BCUT2D eigenvalue weighted by Gasteiger charge is 2.35. The van der Waals surface area contributed by atoms with E-state index in [1.54, 1.807) is 6.92 Å². The average molecular weight is 173 g/mol. The van der Waals surface area contributed by atoms with Gasteiger partial charge in [0.1, 0.15) is 12.5 Å². The molecule has 1 heterocycles.